The van der Waals surface area contributed by atoms with E-state index in [1.165, 1.54) is 31.5 Å². The number of hydrazone groups is 1. The lowest BCUT2D eigenvalue weighted by Crippen LogP contribution is -2.32. The molecule has 0 unspecified atom stereocenters. The fourth-order valence-corrected chi connectivity index (χ4v) is 1.94. The minimum atomic E-state index is -0.933. The number of phenols is 1. The highest BCUT2D eigenvalue weighted by Crippen LogP contribution is 2.25. The van der Waals surface area contributed by atoms with E-state index < -0.39 is 11.8 Å². The molecule has 2 rings (SSSR count). The van der Waals surface area contributed by atoms with E-state index in [0.29, 0.717) is 16.3 Å². The first-order valence-electron chi connectivity index (χ1n) is 6.76. The van der Waals surface area contributed by atoms with E-state index in [2.05, 4.69) is 15.8 Å². The van der Waals surface area contributed by atoms with E-state index in [1.54, 1.807) is 24.3 Å². The topological polar surface area (TPSA) is 100 Å². The maximum Gasteiger partial charge on any atom is 0.329 e. The number of halogens is 1. The molecular weight excluding hydrogens is 334 g/mol. The summed E-state index contributed by atoms with van der Waals surface area (Å²) in [5, 5.41) is 16.0. The van der Waals surface area contributed by atoms with Gasteiger partial charge in [0.2, 0.25) is 0 Å². The summed E-state index contributed by atoms with van der Waals surface area (Å²) in [6, 6.07) is 10.9. The van der Waals surface area contributed by atoms with E-state index in [0.717, 1.165) is 0 Å². The lowest BCUT2D eigenvalue weighted by atomic mass is 10.2. The van der Waals surface area contributed by atoms with Crippen molar-refractivity contribution in [2.75, 3.05) is 12.4 Å². The first kappa shape index (κ1) is 17.3. The second kappa shape index (κ2) is 7.98. The summed E-state index contributed by atoms with van der Waals surface area (Å²) in [6.45, 7) is 0. The van der Waals surface area contributed by atoms with Crippen molar-refractivity contribution in [3.8, 4) is 11.5 Å². The van der Waals surface area contributed by atoms with Crippen LogP contribution in [0.4, 0.5) is 5.69 Å². The van der Waals surface area contributed by atoms with Gasteiger partial charge in [0, 0.05) is 10.7 Å². The third kappa shape index (κ3) is 4.72. The number of aromatic hydroxyl groups is 1. The van der Waals surface area contributed by atoms with Crippen LogP contribution in [0.5, 0.6) is 11.5 Å². The monoisotopic (exact) mass is 347 g/mol. The molecule has 0 aromatic heterocycles. The molecule has 2 amide bonds. The molecular formula is C16H14ClN3O4. The summed E-state index contributed by atoms with van der Waals surface area (Å²) < 4.78 is 4.95. The number of hydrogen-bond donors (Lipinski definition) is 3. The van der Waals surface area contributed by atoms with Gasteiger partial charge < -0.3 is 15.2 Å². The summed E-state index contributed by atoms with van der Waals surface area (Å²) in [7, 11) is 1.41. The minimum absolute atomic E-state index is 0.0143. The van der Waals surface area contributed by atoms with Crippen LogP contribution in [0.15, 0.2) is 47.6 Å². The largest absolute Gasteiger partial charge is 0.504 e. The molecule has 0 heterocycles. The number of carbonyl (C=O) groups is 2. The molecule has 0 saturated carbocycles. The van der Waals surface area contributed by atoms with Gasteiger partial charge in [-0.05, 0) is 42.0 Å². The first-order valence-corrected chi connectivity index (χ1v) is 7.14. The number of methoxy groups -OCH3 is 1. The Bertz CT molecular complexity index is 793. The van der Waals surface area contributed by atoms with Gasteiger partial charge >= 0.3 is 11.8 Å². The maximum absolute atomic E-state index is 11.7. The molecule has 2 aromatic rings. The number of anilines is 1. The van der Waals surface area contributed by atoms with Gasteiger partial charge in [-0.3, -0.25) is 9.59 Å². The average molecular weight is 348 g/mol. The Morgan fingerprint density at radius 2 is 2.00 bits per heavy atom. The Labute approximate surface area is 142 Å². The number of ether oxygens (including phenoxy) is 1. The average Bonchev–Trinajstić information content (AvgIpc) is 2.56. The third-order valence-corrected chi connectivity index (χ3v) is 3.11. The lowest BCUT2D eigenvalue weighted by molar-refractivity contribution is -0.136. The van der Waals surface area contributed by atoms with Crippen molar-refractivity contribution in [1.82, 2.24) is 5.43 Å². The van der Waals surface area contributed by atoms with Crippen LogP contribution >= 0.6 is 11.6 Å². The molecule has 7 nitrogen and oxygen atoms in total. The lowest BCUT2D eigenvalue weighted by Gasteiger charge is -2.04. The number of rotatable bonds is 4. The molecule has 0 atom stereocenters. The molecule has 0 bridgehead atoms. The second-order valence-corrected chi connectivity index (χ2v) is 5.03. The number of benzene rings is 2. The molecule has 3 N–H and O–H groups in total. The number of phenolic OH excluding ortho intramolecular Hbond substituents is 1. The zero-order valence-corrected chi connectivity index (χ0v) is 13.4. The Morgan fingerprint density at radius 1 is 1.21 bits per heavy atom. The Morgan fingerprint density at radius 3 is 2.71 bits per heavy atom. The van der Waals surface area contributed by atoms with E-state index in [1.807, 2.05) is 0 Å². The summed E-state index contributed by atoms with van der Waals surface area (Å²) in [5.74, 6) is -1.56. The Balaban J connectivity index is 1.93. The van der Waals surface area contributed by atoms with Gasteiger partial charge in [-0.15, -0.1) is 0 Å². The predicted octanol–water partition coefficient (Wildman–Crippen LogP) is 2.14. The summed E-state index contributed by atoms with van der Waals surface area (Å²) in [4.78, 5) is 23.4. The van der Waals surface area contributed by atoms with E-state index in [-0.39, 0.29) is 11.5 Å². The maximum atomic E-state index is 11.7. The van der Waals surface area contributed by atoms with Crippen molar-refractivity contribution >= 4 is 35.3 Å². The molecule has 124 valence electrons. The molecule has 0 radical (unpaired) electrons. The van der Waals surface area contributed by atoms with Gasteiger partial charge in [0.05, 0.1) is 13.3 Å². The van der Waals surface area contributed by atoms with Crippen LogP contribution in [0.3, 0.4) is 0 Å². The van der Waals surface area contributed by atoms with Crippen molar-refractivity contribution in [2.24, 2.45) is 5.10 Å². The van der Waals surface area contributed by atoms with Crippen LogP contribution in [0.25, 0.3) is 0 Å². The first-order chi connectivity index (χ1) is 11.5. The van der Waals surface area contributed by atoms with Crippen LogP contribution in [0.1, 0.15) is 5.56 Å². The van der Waals surface area contributed by atoms with Gasteiger partial charge in [-0.2, -0.15) is 5.10 Å². The van der Waals surface area contributed by atoms with Gasteiger partial charge in [-0.25, -0.2) is 5.43 Å². The highest BCUT2D eigenvalue weighted by molar-refractivity contribution is 6.39. The standard InChI is InChI=1S/C16H14ClN3O4/c1-24-14-7-10(5-6-13(14)21)9-18-20-16(23)15(22)19-12-4-2-3-11(17)8-12/h2-9,21H,1H3,(H,19,22)(H,20,23). The quantitative estimate of drug-likeness (QED) is 0.448. The van der Waals surface area contributed by atoms with Crippen molar-refractivity contribution in [3.05, 3.63) is 53.1 Å². The normalized spacial score (nSPS) is 10.4. The number of nitrogens with zero attached hydrogens (tertiary/aromatic N) is 1. The van der Waals surface area contributed by atoms with Gasteiger partial charge in [0.1, 0.15) is 0 Å². The second-order valence-electron chi connectivity index (χ2n) is 4.59. The van der Waals surface area contributed by atoms with E-state index in [9.17, 15) is 14.7 Å². The van der Waals surface area contributed by atoms with E-state index >= 15 is 0 Å². The third-order valence-electron chi connectivity index (χ3n) is 2.87. The van der Waals surface area contributed by atoms with E-state index in [4.69, 9.17) is 16.3 Å². The van der Waals surface area contributed by atoms with Crippen LogP contribution in [0, 0.1) is 0 Å². The predicted molar refractivity (Wildman–Crippen MR) is 90.5 cm³/mol. The molecule has 0 saturated heterocycles. The summed E-state index contributed by atoms with van der Waals surface area (Å²) in [5.41, 5.74) is 3.07. The molecule has 0 fully saturated rings. The molecule has 0 aliphatic carbocycles. The van der Waals surface area contributed by atoms with Crippen LogP contribution in [-0.2, 0) is 9.59 Å². The fourth-order valence-electron chi connectivity index (χ4n) is 1.74. The Kier molecular flexibility index (Phi) is 5.75. The summed E-state index contributed by atoms with van der Waals surface area (Å²) in [6.07, 6.45) is 1.31. The highest BCUT2D eigenvalue weighted by Gasteiger charge is 2.12. The van der Waals surface area contributed by atoms with Gasteiger partial charge in [0.25, 0.3) is 0 Å². The molecule has 0 aliphatic heterocycles. The van der Waals surface area contributed by atoms with Crippen molar-refractivity contribution in [2.45, 2.75) is 0 Å². The van der Waals surface area contributed by atoms with Gasteiger partial charge in [0.15, 0.2) is 11.5 Å². The number of carbonyl (C=O) groups excluding carboxylic acids is 2. The highest BCUT2D eigenvalue weighted by atomic mass is 35.5. The zero-order chi connectivity index (χ0) is 17.5. The van der Waals surface area contributed by atoms with Crippen LogP contribution in [0.2, 0.25) is 5.02 Å². The van der Waals surface area contributed by atoms with Crippen molar-refractivity contribution in [3.63, 3.8) is 0 Å². The number of hydrogen-bond acceptors (Lipinski definition) is 5. The van der Waals surface area contributed by atoms with Crippen molar-refractivity contribution in [1.29, 1.82) is 0 Å². The smallest absolute Gasteiger partial charge is 0.329 e. The molecule has 24 heavy (non-hydrogen) atoms. The molecule has 0 spiro atoms. The van der Waals surface area contributed by atoms with Crippen molar-refractivity contribution < 1.29 is 19.4 Å². The molecule has 0 aliphatic rings. The Hall–Kier alpha value is -3.06. The summed E-state index contributed by atoms with van der Waals surface area (Å²) >= 11 is 5.79. The molecule has 2 aromatic carbocycles. The molecule has 8 heteroatoms. The number of nitrogens with one attached hydrogen (secondary N) is 2. The zero-order valence-electron chi connectivity index (χ0n) is 12.6. The fraction of sp³-hybridized carbons (Fsp3) is 0.0625. The van der Waals surface area contributed by atoms with Crippen LogP contribution < -0.4 is 15.5 Å². The SMILES string of the molecule is COc1cc(C=NNC(=O)C(=O)Nc2cccc(Cl)c2)ccc1O. The van der Waals surface area contributed by atoms with Crippen LogP contribution in [-0.4, -0.2) is 30.2 Å². The minimum Gasteiger partial charge on any atom is -0.504 e. The van der Waals surface area contributed by atoms with Gasteiger partial charge in [-0.1, -0.05) is 17.7 Å². The number of amides is 2.